The second-order valence-corrected chi connectivity index (χ2v) is 7.66. The van der Waals surface area contributed by atoms with Crippen LogP contribution in [-0.4, -0.2) is 22.1 Å². The third kappa shape index (κ3) is 4.50. The van der Waals surface area contributed by atoms with Gasteiger partial charge in [-0.3, -0.25) is 0 Å². The number of benzene rings is 3. The predicted octanol–water partition coefficient (Wildman–Crippen LogP) is 3.88. The molecule has 0 aromatic heterocycles. The summed E-state index contributed by atoms with van der Waals surface area (Å²) in [5.74, 6) is 0.766. The van der Waals surface area contributed by atoms with Crippen LogP contribution in [0.25, 0.3) is 11.1 Å². The van der Waals surface area contributed by atoms with E-state index in [1.807, 2.05) is 66.7 Å². The van der Waals surface area contributed by atoms with Crippen molar-refractivity contribution in [3.05, 3.63) is 84.4 Å². The van der Waals surface area contributed by atoms with Crippen molar-refractivity contribution in [2.75, 3.05) is 13.7 Å². The van der Waals surface area contributed by atoms with E-state index in [9.17, 15) is 8.42 Å². The number of hydrogen-bond acceptors (Lipinski definition) is 3. The lowest BCUT2D eigenvalue weighted by Crippen LogP contribution is -2.25. The number of hydrogen-bond donors (Lipinski definition) is 1. The molecule has 26 heavy (non-hydrogen) atoms. The smallest absolute Gasteiger partial charge is 0.240 e. The van der Waals surface area contributed by atoms with Crippen molar-refractivity contribution >= 4 is 10.0 Å². The molecule has 0 aliphatic heterocycles. The zero-order valence-corrected chi connectivity index (χ0v) is 15.4. The molecule has 1 N–H and O–H groups in total. The Bertz CT molecular complexity index is 952. The minimum atomic E-state index is -3.53. The molecule has 0 aliphatic carbocycles. The Morgan fingerprint density at radius 2 is 1.54 bits per heavy atom. The first-order valence-corrected chi connectivity index (χ1v) is 9.85. The molecule has 3 aromatic rings. The predicted molar refractivity (Wildman–Crippen MR) is 104 cm³/mol. The third-order valence-corrected chi connectivity index (χ3v) is 5.59. The van der Waals surface area contributed by atoms with E-state index in [1.165, 1.54) is 0 Å². The van der Waals surface area contributed by atoms with Crippen LogP contribution >= 0.6 is 0 Å². The molecule has 0 bridgehead atoms. The Hall–Kier alpha value is -2.63. The van der Waals surface area contributed by atoms with E-state index >= 15 is 0 Å². The standard InChI is InChI=1S/C21H21NO3S/c1-25-20-9-5-6-17(16-20)14-15-22-26(23,24)21-12-10-19(11-13-21)18-7-3-2-4-8-18/h2-13,16,22H,14-15H2,1H3. The van der Waals surface area contributed by atoms with Crippen molar-refractivity contribution in [1.29, 1.82) is 0 Å². The van der Waals surface area contributed by atoms with Crippen LogP contribution in [0.5, 0.6) is 5.75 Å². The summed E-state index contributed by atoms with van der Waals surface area (Å²) in [6.45, 7) is 0.329. The van der Waals surface area contributed by atoms with Crippen molar-refractivity contribution in [3.63, 3.8) is 0 Å². The molecule has 0 fully saturated rings. The summed E-state index contributed by atoms with van der Waals surface area (Å²) in [5, 5.41) is 0. The Kier molecular flexibility index (Phi) is 5.71. The van der Waals surface area contributed by atoms with Gasteiger partial charge in [0.15, 0.2) is 0 Å². The van der Waals surface area contributed by atoms with Crippen LogP contribution in [0.4, 0.5) is 0 Å². The minimum Gasteiger partial charge on any atom is -0.497 e. The quantitative estimate of drug-likeness (QED) is 0.689. The highest BCUT2D eigenvalue weighted by molar-refractivity contribution is 7.89. The molecule has 0 unspecified atom stereocenters. The first kappa shape index (κ1) is 18.2. The van der Waals surface area contributed by atoms with E-state index in [0.717, 1.165) is 22.4 Å². The van der Waals surface area contributed by atoms with Gasteiger partial charge >= 0.3 is 0 Å². The van der Waals surface area contributed by atoms with E-state index < -0.39 is 10.0 Å². The SMILES string of the molecule is COc1cccc(CCNS(=O)(=O)c2ccc(-c3ccccc3)cc2)c1. The van der Waals surface area contributed by atoms with Crippen molar-refractivity contribution in [3.8, 4) is 16.9 Å². The fourth-order valence-corrected chi connectivity index (χ4v) is 3.73. The lowest BCUT2D eigenvalue weighted by molar-refractivity contribution is 0.414. The molecule has 134 valence electrons. The highest BCUT2D eigenvalue weighted by Gasteiger charge is 2.13. The topological polar surface area (TPSA) is 55.4 Å². The van der Waals surface area contributed by atoms with Gasteiger partial charge < -0.3 is 4.74 Å². The fraction of sp³-hybridized carbons (Fsp3) is 0.143. The Labute approximate surface area is 154 Å². The molecule has 4 nitrogen and oxygen atoms in total. The monoisotopic (exact) mass is 367 g/mol. The van der Waals surface area contributed by atoms with Crippen LogP contribution in [0.1, 0.15) is 5.56 Å². The summed E-state index contributed by atoms with van der Waals surface area (Å²) < 4.78 is 32.7. The minimum absolute atomic E-state index is 0.267. The van der Waals surface area contributed by atoms with Crippen LogP contribution in [0.15, 0.2) is 83.8 Å². The summed E-state index contributed by atoms with van der Waals surface area (Å²) in [6.07, 6.45) is 0.596. The lowest BCUT2D eigenvalue weighted by atomic mass is 10.1. The van der Waals surface area contributed by atoms with Gasteiger partial charge in [0.2, 0.25) is 10.0 Å². The molecule has 0 spiro atoms. The first-order valence-electron chi connectivity index (χ1n) is 8.36. The number of rotatable bonds is 7. The molecule has 0 amide bonds. The maximum absolute atomic E-state index is 12.5. The number of sulfonamides is 1. The molecule has 3 aromatic carbocycles. The van der Waals surface area contributed by atoms with E-state index in [4.69, 9.17) is 4.74 Å². The van der Waals surface area contributed by atoms with Crippen LogP contribution in [0, 0.1) is 0 Å². The number of nitrogens with one attached hydrogen (secondary N) is 1. The first-order chi connectivity index (χ1) is 12.6. The zero-order valence-electron chi connectivity index (χ0n) is 14.6. The van der Waals surface area contributed by atoms with E-state index in [1.54, 1.807) is 19.2 Å². The molecule has 0 aliphatic rings. The van der Waals surface area contributed by atoms with Gasteiger partial charge in [0.25, 0.3) is 0 Å². The third-order valence-electron chi connectivity index (χ3n) is 4.11. The van der Waals surface area contributed by atoms with Crippen LogP contribution < -0.4 is 9.46 Å². The van der Waals surface area contributed by atoms with Gasteiger partial charge in [-0.15, -0.1) is 0 Å². The maximum Gasteiger partial charge on any atom is 0.240 e. The van der Waals surface area contributed by atoms with Gasteiger partial charge in [-0.1, -0.05) is 54.6 Å². The Balaban J connectivity index is 1.64. The van der Waals surface area contributed by atoms with Gasteiger partial charge in [0.05, 0.1) is 12.0 Å². The van der Waals surface area contributed by atoms with Crippen molar-refractivity contribution < 1.29 is 13.2 Å². The molecule has 5 heteroatoms. The van der Waals surface area contributed by atoms with Gasteiger partial charge in [-0.05, 0) is 47.4 Å². The Morgan fingerprint density at radius 1 is 0.846 bits per heavy atom. The van der Waals surface area contributed by atoms with Crippen molar-refractivity contribution in [1.82, 2.24) is 4.72 Å². The summed E-state index contributed by atoms with van der Waals surface area (Å²) in [7, 11) is -1.91. The van der Waals surface area contributed by atoms with Crippen molar-refractivity contribution in [2.24, 2.45) is 0 Å². The highest BCUT2D eigenvalue weighted by atomic mass is 32.2. The molecular formula is C21H21NO3S. The van der Waals surface area contributed by atoms with Crippen molar-refractivity contribution in [2.45, 2.75) is 11.3 Å². The van der Waals surface area contributed by atoms with Crippen LogP contribution in [0.2, 0.25) is 0 Å². The van der Waals surface area contributed by atoms with Gasteiger partial charge in [0.1, 0.15) is 5.75 Å². The second kappa shape index (κ2) is 8.17. The second-order valence-electron chi connectivity index (χ2n) is 5.89. The molecule has 3 rings (SSSR count). The number of ether oxygens (including phenoxy) is 1. The lowest BCUT2D eigenvalue weighted by Gasteiger charge is -2.09. The van der Waals surface area contributed by atoms with Crippen LogP contribution in [-0.2, 0) is 16.4 Å². The summed E-state index contributed by atoms with van der Waals surface area (Å²) in [4.78, 5) is 0.267. The average Bonchev–Trinajstić information content (AvgIpc) is 2.69. The van der Waals surface area contributed by atoms with E-state index in [-0.39, 0.29) is 4.90 Å². The normalized spacial score (nSPS) is 11.3. The van der Waals surface area contributed by atoms with E-state index in [0.29, 0.717) is 13.0 Å². The Morgan fingerprint density at radius 3 is 2.23 bits per heavy atom. The van der Waals surface area contributed by atoms with Gasteiger partial charge in [-0.25, -0.2) is 13.1 Å². The summed E-state index contributed by atoms with van der Waals surface area (Å²) >= 11 is 0. The summed E-state index contributed by atoms with van der Waals surface area (Å²) in [5.41, 5.74) is 3.06. The molecule has 0 atom stereocenters. The van der Waals surface area contributed by atoms with E-state index in [2.05, 4.69) is 4.72 Å². The molecule has 0 saturated carbocycles. The average molecular weight is 367 g/mol. The van der Waals surface area contributed by atoms with Gasteiger partial charge in [-0.2, -0.15) is 0 Å². The summed E-state index contributed by atoms with van der Waals surface area (Å²) in [6, 6.07) is 24.4. The zero-order chi connectivity index (χ0) is 18.4. The molecular weight excluding hydrogens is 346 g/mol. The number of methoxy groups -OCH3 is 1. The fourth-order valence-electron chi connectivity index (χ4n) is 2.70. The molecule has 0 radical (unpaired) electrons. The molecule has 0 saturated heterocycles. The molecule has 0 heterocycles. The largest absolute Gasteiger partial charge is 0.497 e. The maximum atomic E-state index is 12.5. The van der Waals surface area contributed by atoms with Gasteiger partial charge in [0, 0.05) is 6.54 Å². The van der Waals surface area contributed by atoms with Crippen LogP contribution in [0.3, 0.4) is 0 Å². The highest BCUT2D eigenvalue weighted by Crippen LogP contribution is 2.21.